The summed E-state index contributed by atoms with van der Waals surface area (Å²) in [6, 6.07) is 3.37. The Labute approximate surface area is 121 Å². The van der Waals surface area contributed by atoms with Crippen molar-refractivity contribution in [1.29, 1.82) is 0 Å². The molecule has 0 amide bonds. The van der Waals surface area contributed by atoms with Crippen LogP contribution in [0.1, 0.15) is 25.7 Å². The van der Waals surface area contributed by atoms with Crippen molar-refractivity contribution >= 4 is 17.3 Å². The van der Waals surface area contributed by atoms with E-state index < -0.39 is 10.7 Å². The third-order valence-corrected chi connectivity index (χ3v) is 3.70. The van der Waals surface area contributed by atoms with Crippen molar-refractivity contribution in [3.8, 4) is 0 Å². The highest BCUT2D eigenvalue weighted by Gasteiger charge is 2.30. The van der Waals surface area contributed by atoms with E-state index in [-0.39, 0.29) is 24.1 Å². The molecule has 0 saturated carbocycles. The second-order valence-corrected chi connectivity index (χ2v) is 5.01. The van der Waals surface area contributed by atoms with E-state index in [4.69, 9.17) is 0 Å². The summed E-state index contributed by atoms with van der Waals surface area (Å²) in [6.45, 7) is 0.605. The van der Waals surface area contributed by atoms with Gasteiger partial charge in [-0.15, -0.1) is 0 Å². The quantitative estimate of drug-likeness (QED) is 0.485. The van der Waals surface area contributed by atoms with Crippen LogP contribution in [-0.4, -0.2) is 30.6 Å². The highest BCUT2D eigenvalue weighted by Crippen LogP contribution is 2.34. The minimum atomic E-state index is -0.646. The summed E-state index contributed by atoms with van der Waals surface area (Å²) in [4.78, 5) is 23.8. The van der Waals surface area contributed by atoms with Crippen molar-refractivity contribution < 1.29 is 18.8 Å². The second kappa shape index (κ2) is 6.51. The number of nitro benzene ring substituents is 1. The van der Waals surface area contributed by atoms with Crippen molar-refractivity contribution in [2.75, 3.05) is 18.6 Å². The molecule has 1 atom stereocenters. The van der Waals surface area contributed by atoms with E-state index in [0.29, 0.717) is 12.2 Å². The lowest BCUT2D eigenvalue weighted by Crippen LogP contribution is -2.41. The van der Waals surface area contributed by atoms with E-state index in [0.717, 1.165) is 25.3 Å². The van der Waals surface area contributed by atoms with E-state index in [1.807, 2.05) is 4.90 Å². The van der Waals surface area contributed by atoms with E-state index in [1.54, 1.807) is 0 Å². The normalized spacial score (nSPS) is 18.4. The SMILES string of the molecule is COC(=O)CC1CCCCN1c1ccc(F)cc1[N+](=O)[O-]. The number of esters is 1. The summed E-state index contributed by atoms with van der Waals surface area (Å²) < 4.78 is 17.9. The van der Waals surface area contributed by atoms with Gasteiger partial charge in [-0.2, -0.15) is 0 Å². The zero-order valence-corrected chi connectivity index (χ0v) is 11.8. The van der Waals surface area contributed by atoms with E-state index >= 15 is 0 Å². The summed E-state index contributed by atoms with van der Waals surface area (Å²) in [5.74, 6) is -0.997. The van der Waals surface area contributed by atoms with Crippen LogP contribution in [0, 0.1) is 15.9 Å². The number of benzene rings is 1. The fourth-order valence-electron chi connectivity index (χ4n) is 2.69. The average molecular weight is 296 g/mol. The summed E-state index contributed by atoms with van der Waals surface area (Å²) in [5, 5.41) is 11.1. The predicted octanol–water partition coefficient (Wildman–Crippen LogP) is 2.66. The summed E-state index contributed by atoms with van der Waals surface area (Å²) in [6.07, 6.45) is 2.76. The highest BCUT2D eigenvalue weighted by atomic mass is 19.1. The molecule has 7 heteroatoms. The number of nitrogens with zero attached hydrogens (tertiary/aromatic N) is 2. The molecule has 0 N–H and O–H groups in total. The van der Waals surface area contributed by atoms with Crippen molar-refractivity contribution in [3.05, 3.63) is 34.1 Å². The number of piperidine rings is 1. The number of ether oxygens (including phenoxy) is 1. The number of halogens is 1. The number of anilines is 1. The van der Waals surface area contributed by atoms with Gasteiger partial charge in [-0.1, -0.05) is 0 Å². The molecule has 6 nitrogen and oxygen atoms in total. The Hall–Kier alpha value is -2.18. The smallest absolute Gasteiger partial charge is 0.307 e. The lowest BCUT2D eigenvalue weighted by Gasteiger charge is -2.36. The molecule has 1 aliphatic rings. The van der Waals surface area contributed by atoms with Crippen LogP contribution in [0.25, 0.3) is 0 Å². The number of hydrogen-bond acceptors (Lipinski definition) is 5. The molecule has 2 rings (SSSR count). The van der Waals surface area contributed by atoms with Gasteiger partial charge in [-0.3, -0.25) is 14.9 Å². The number of nitro groups is 1. The minimum absolute atomic E-state index is 0.157. The summed E-state index contributed by atoms with van der Waals surface area (Å²) in [7, 11) is 1.32. The molecule has 0 aromatic heterocycles. The molecule has 0 spiro atoms. The Morgan fingerprint density at radius 1 is 1.52 bits per heavy atom. The van der Waals surface area contributed by atoms with Gasteiger partial charge in [0.05, 0.1) is 24.5 Å². The second-order valence-electron chi connectivity index (χ2n) is 5.01. The van der Waals surface area contributed by atoms with Gasteiger partial charge >= 0.3 is 5.97 Å². The van der Waals surface area contributed by atoms with Gasteiger partial charge in [0.25, 0.3) is 5.69 Å². The number of hydrogen-bond donors (Lipinski definition) is 0. The zero-order valence-electron chi connectivity index (χ0n) is 11.8. The molecule has 1 aliphatic heterocycles. The molecule has 21 heavy (non-hydrogen) atoms. The topological polar surface area (TPSA) is 72.7 Å². The molecule has 1 aromatic carbocycles. The molecule has 0 aliphatic carbocycles. The zero-order chi connectivity index (χ0) is 15.4. The average Bonchev–Trinajstić information content (AvgIpc) is 2.47. The van der Waals surface area contributed by atoms with Gasteiger partial charge in [0, 0.05) is 12.6 Å². The summed E-state index contributed by atoms with van der Waals surface area (Å²) >= 11 is 0. The van der Waals surface area contributed by atoms with Crippen LogP contribution in [0.5, 0.6) is 0 Å². The largest absolute Gasteiger partial charge is 0.469 e. The molecular formula is C14H17FN2O4. The van der Waals surface area contributed by atoms with E-state index in [9.17, 15) is 19.3 Å². The molecule has 0 radical (unpaired) electrons. The van der Waals surface area contributed by atoms with Crippen LogP contribution in [0.4, 0.5) is 15.8 Å². The fraction of sp³-hybridized carbons (Fsp3) is 0.500. The van der Waals surface area contributed by atoms with Crippen molar-refractivity contribution in [1.82, 2.24) is 0 Å². The number of carbonyl (C=O) groups is 1. The lowest BCUT2D eigenvalue weighted by molar-refractivity contribution is -0.384. The first-order valence-corrected chi connectivity index (χ1v) is 6.80. The van der Waals surface area contributed by atoms with Crippen LogP contribution in [0.15, 0.2) is 18.2 Å². The van der Waals surface area contributed by atoms with Crippen molar-refractivity contribution in [3.63, 3.8) is 0 Å². The molecule has 1 unspecified atom stereocenters. The maximum absolute atomic E-state index is 13.2. The van der Waals surface area contributed by atoms with Gasteiger partial charge < -0.3 is 9.64 Å². The van der Waals surface area contributed by atoms with Crippen LogP contribution in [-0.2, 0) is 9.53 Å². The van der Waals surface area contributed by atoms with Crippen molar-refractivity contribution in [2.45, 2.75) is 31.7 Å². The van der Waals surface area contributed by atoms with Gasteiger partial charge in [-0.05, 0) is 31.4 Å². The standard InChI is InChI=1S/C14H17FN2O4/c1-21-14(18)9-11-4-2-3-7-16(11)12-6-5-10(15)8-13(12)17(19)20/h5-6,8,11H,2-4,7,9H2,1H3. The van der Waals surface area contributed by atoms with Gasteiger partial charge in [0.1, 0.15) is 11.5 Å². The van der Waals surface area contributed by atoms with Crippen LogP contribution < -0.4 is 4.90 Å². The number of rotatable bonds is 4. The first-order chi connectivity index (χ1) is 10.0. The number of carbonyl (C=O) groups excluding carboxylic acids is 1. The van der Waals surface area contributed by atoms with E-state index in [2.05, 4.69) is 4.74 Å². The summed E-state index contributed by atoms with van der Waals surface area (Å²) in [5.41, 5.74) is 0.0850. The Kier molecular flexibility index (Phi) is 4.72. The third-order valence-electron chi connectivity index (χ3n) is 3.70. The monoisotopic (exact) mass is 296 g/mol. The minimum Gasteiger partial charge on any atom is -0.469 e. The molecular weight excluding hydrogens is 279 g/mol. The maximum Gasteiger partial charge on any atom is 0.307 e. The predicted molar refractivity (Wildman–Crippen MR) is 74.7 cm³/mol. The first kappa shape index (κ1) is 15.2. The molecule has 1 fully saturated rings. The molecule has 1 aromatic rings. The molecule has 114 valence electrons. The van der Waals surface area contributed by atoms with Crippen LogP contribution >= 0.6 is 0 Å². The van der Waals surface area contributed by atoms with Crippen LogP contribution in [0.3, 0.4) is 0 Å². The van der Waals surface area contributed by atoms with Gasteiger partial charge in [0.15, 0.2) is 0 Å². The van der Waals surface area contributed by atoms with Gasteiger partial charge in [0.2, 0.25) is 0 Å². The van der Waals surface area contributed by atoms with Crippen LogP contribution in [0.2, 0.25) is 0 Å². The fourth-order valence-corrected chi connectivity index (χ4v) is 2.69. The maximum atomic E-state index is 13.2. The lowest BCUT2D eigenvalue weighted by atomic mass is 9.98. The Balaban J connectivity index is 2.33. The Morgan fingerprint density at radius 3 is 2.95 bits per heavy atom. The first-order valence-electron chi connectivity index (χ1n) is 6.80. The highest BCUT2D eigenvalue weighted by molar-refractivity contribution is 5.72. The van der Waals surface area contributed by atoms with Gasteiger partial charge in [-0.25, -0.2) is 4.39 Å². The molecule has 1 saturated heterocycles. The molecule has 0 bridgehead atoms. The molecule has 1 heterocycles. The Morgan fingerprint density at radius 2 is 2.29 bits per heavy atom. The Bertz CT molecular complexity index is 550. The van der Waals surface area contributed by atoms with Crippen molar-refractivity contribution in [2.24, 2.45) is 0 Å². The third kappa shape index (κ3) is 3.48. The number of methoxy groups -OCH3 is 1. The van der Waals surface area contributed by atoms with E-state index in [1.165, 1.54) is 19.2 Å².